The molecule has 698 valence electrons. The minimum absolute atomic E-state index is 0.0132. The van der Waals surface area contributed by atoms with Gasteiger partial charge in [0.15, 0.2) is 0 Å². The van der Waals surface area contributed by atoms with Gasteiger partial charge in [0.05, 0.1) is 108 Å². The number of nitrogens with one attached hydrogen (secondary N) is 1. The van der Waals surface area contributed by atoms with Crippen LogP contribution in [0.4, 0.5) is 5.69 Å². The van der Waals surface area contributed by atoms with Crippen molar-refractivity contribution in [2.45, 2.75) is 145 Å². The van der Waals surface area contributed by atoms with Crippen molar-refractivity contribution in [3.63, 3.8) is 0 Å². The van der Waals surface area contributed by atoms with Crippen LogP contribution in [0.15, 0.2) is 244 Å². The zero-order chi connectivity index (χ0) is 94.1. The third-order valence-electron chi connectivity index (χ3n) is 21.0. The normalized spacial score (nSPS) is 14.2. The number of aliphatic hydroxyl groups excluding tert-OH is 15. The van der Waals surface area contributed by atoms with Crippen LogP contribution in [0.25, 0.3) is 5.69 Å². The zero-order valence-electron chi connectivity index (χ0n) is 73.1. The van der Waals surface area contributed by atoms with Crippen LogP contribution < -0.4 is 5.32 Å². The third kappa shape index (κ3) is 34.6. The minimum atomic E-state index is -1.78. The Morgan fingerprint density at radius 3 is 0.969 bits per heavy atom. The number of anilines is 1. The maximum atomic E-state index is 13.3. The molecule has 2 aromatic carbocycles. The van der Waals surface area contributed by atoms with E-state index in [1.165, 1.54) is 42.0 Å². The molecule has 0 radical (unpaired) electrons. The first-order valence-electron chi connectivity index (χ1n) is 42.4. The van der Waals surface area contributed by atoms with E-state index in [2.05, 4.69) is 70.2 Å². The molecule has 0 saturated carbocycles. The lowest BCUT2D eigenvalue weighted by atomic mass is 10.0. The van der Waals surface area contributed by atoms with E-state index < -0.39 is 99.0 Å². The van der Waals surface area contributed by atoms with E-state index in [0.29, 0.717) is 83.2 Å². The molecule has 38 nitrogen and oxygen atoms in total. The predicted molar refractivity (Wildman–Crippen MR) is 479 cm³/mol. The second kappa shape index (κ2) is 53.9. The number of aliphatic hydroxyl groups is 15. The van der Waals surface area contributed by atoms with Gasteiger partial charge >= 0.3 is 0 Å². The summed E-state index contributed by atoms with van der Waals surface area (Å²) in [5, 5.41) is 157. The zero-order valence-corrected chi connectivity index (χ0v) is 73.1. The fraction of sp³-hybridized carbons (Fsp3) is 0.376. The topological polar surface area (TPSA) is 540 Å². The number of nitrogens with zero attached hydrogens (tertiary/aromatic N) is 18. The van der Waals surface area contributed by atoms with Crippen molar-refractivity contribution in [2.75, 3.05) is 85.5 Å². The second-order valence-corrected chi connectivity index (χ2v) is 31.5. The monoisotopic (exact) mass is 1800 g/mol. The van der Waals surface area contributed by atoms with Crippen LogP contribution >= 0.6 is 0 Å². The fourth-order valence-corrected chi connectivity index (χ4v) is 13.5. The SMILES string of the molecule is CN(C[C@H](O)[C@@H](O)[C@H](O)[C@H](O)CO)C(=O)Cc1ccc(-n2cc(CN(Cc3ccccn3)Cc3ccccn3)nn2)cc1.CN(C[C@H](O)[C@@H](O)[C@H](O)[C@H](O)CO)C(=O)Cc1ccc(NC(=O)CN(CCN(Cc2ccccn2)Cc2ccccn2)Cc2ccccn2)cc1.CN(C[C@H](O)[C@@H](O)[C@H](O)[C@H](O)CO)C(=O)c1ccc(CN(Cc2ccccn2)Cc2ccccn2)nc1. The standard InChI is InChI=1S/C37H47N7O7.C30H37N7O6.C26H33N5O6/c1-42(24-32(46)36(50)37(51)33(47)26-45)35(49)20-27-11-13-28(14-12-27)41-34(48)25-44(23-31-10-4-7-17-40-31)19-18-43(21-29-8-2-5-15-38-29)22-30-9-3-6-16-39-30;1-35(19-26(39)29(42)30(43)27(40)20-38)28(41)14-21-8-10-25(11-9-21)37-18-24(33-34-37)17-36(15-22-6-2-4-12-31-22)16-23-7-3-5-13-32-23;1-30(16-22(33)24(35)25(36)23(34)17-32)26(37)18-8-9-21(29-12-18)15-31(13-19-6-2-4-10-27-19)14-20-7-3-5-11-28-20/h2-17,32-33,36-37,45-47,50-51H,18-26H2,1H3,(H,41,48);2-13,18,26-27,29-30,38-40,42-43H,14-17,19-20H2,1H3;2-12,22-25,32-36H,13-17H2,1H3/t32-,33+,36+,37+;26-,27+,29+,30+;22-,23+,24+,25+/m000/s1. The lowest BCUT2D eigenvalue weighted by Crippen LogP contribution is -2.50. The quantitative estimate of drug-likeness (QED) is 0.0233. The summed E-state index contributed by atoms with van der Waals surface area (Å²) in [5.41, 5.74) is 10.9. The Balaban J connectivity index is 0.000000224. The largest absolute Gasteiger partial charge is 0.394 e. The number of carbonyl (C=O) groups excluding carboxylic acids is 4. The van der Waals surface area contributed by atoms with Crippen LogP contribution in [0.1, 0.15) is 72.7 Å². The molecule has 9 aromatic heterocycles. The molecule has 9 heterocycles. The van der Waals surface area contributed by atoms with Gasteiger partial charge in [-0.25, -0.2) is 4.68 Å². The molecular weight excluding hydrogens is 1690 g/mol. The first-order valence-corrected chi connectivity index (χ1v) is 42.4. The molecule has 0 bridgehead atoms. The predicted octanol–water partition coefficient (Wildman–Crippen LogP) is -0.270. The number of rotatable bonds is 48. The molecule has 0 spiro atoms. The summed E-state index contributed by atoms with van der Waals surface area (Å²) in [4.78, 5) is 99.4. The third-order valence-corrected chi connectivity index (χ3v) is 21.0. The van der Waals surface area contributed by atoms with Crippen LogP contribution in [0.5, 0.6) is 0 Å². The number of aromatic nitrogens is 11. The van der Waals surface area contributed by atoms with Crippen LogP contribution in [0, 0.1) is 0 Å². The van der Waals surface area contributed by atoms with Crippen molar-refractivity contribution in [3.8, 4) is 5.69 Å². The summed E-state index contributed by atoms with van der Waals surface area (Å²) < 4.78 is 1.66. The first kappa shape index (κ1) is 103. The Hall–Kier alpha value is -12.1. The van der Waals surface area contributed by atoms with Crippen molar-refractivity contribution in [1.82, 2.24) is 89.2 Å². The summed E-state index contributed by atoms with van der Waals surface area (Å²) in [6.07, 6.45) is -4.35. The van der Waals surface area contributed by atoms with Gasteiger partial charge in [-0.2, -0.15) is 0 Å². The van der Waals surface area contributed by atoms with Crippen molar-refractivity contribution in [3.05, 3.63) is 312 Å². The molecule has 0 fully saturated rings. The maximum absolute atomic E-state index is 13.3. The Bertz CT molecular complexity index is 4980. The number of hydrogen-bond donors (Lipinski definition) is 16. The molecular formula is C93H117N19O19. The summed E-state index contributed by atoms with van der Waals surface area (Å²) in [7, 11) is 4.33. The van der Waals surface area contributed by atoms with Gasteiger partial charge < -0.3 is 96.6 Å². The second-order valence-electron chi connectivity index (χ2n) is 31.5. The highest BCUT2D eigenvalue weighted by Gasteiger charge is 2.35. The maximum Gasteiger partial charge on any atom is 0.255 e. The van der Waals surface area contributed by atoms with Gasteiger partial charge in [0, 0.05) is 168 Å². The number of carbonyl (C=O) groups is 4. The van der Waals surface area contributed by atoms with Crippen LogP contribution in [-0.4, -0.2) is 343 Å². The lowest BCUT2D eigenvalue weighted by Gasteiger charge is -2.28. The molecule has 131 heavy (non-hydrogen) atoms. The van der Waals surface area contributed by atoms with Gasteiger partial charge in [-0.15, -0.1) is 5.10 Å². The van der Waals surface area contributed by atoms with Crippen molar-refractivity contribution >= 4 is 29.3 Å². The van der Waals surface area contributed by atoms with Crippen molar-refractivity contribution < 1.29 is 95.8 Å². The van der Waals surface area contributed by atoms with E-state index in [0.717, 1.165) is 62.5 Å². The highest BCUT2D eigenvalue weighted by atomic mass is 16.4. The molecule has 0 aliphatic carbocycles. The molecule has 0 aliphatic heterocycles. The van der Waals surface area contributed by atoms with Gasteiger partial charge in [-0.1, -0.05) is 71.9 Å². The van der Waals surface area contributed by atoms with Gasteiger partial charge in [-0.3, -0.25) is 78.6 Å². The van der Waals surface area contributed by atoms with E-state index in [4.69, 9.17) is 15.3 Å². The van der Waals surface area contributed by atoms with Crippen LogP contribution in [0.2, 0.25) is 0 Å². The molecule has 0 saturated heterocycles. The highest BCUT2D eigenvalue weighted by Crippen LogP contribution is 2.21. The summed E-state index contributed by atoms with van der Waals surface area (Å²) in [6, 6.07) is 58.0. The Morgan fingerprint density at radius 1 is 0.336 bits per heavy atom. The van der Waals surface area contributed by atoms with E-state index in [1.807, 2.05) is 151 Å². The van der Waals surface area contributed by atoms with Gasteiger partial charge in [0.2, 0.25) is 17.7 Å². The van der Waals surface area contributed by atoms with Crippen LogP contribution in [-0.2, 0) is 86.1 Å². The lowest BCUT2D eigenvalue weighted by molar-refractivity contribution is -0.137. The molecule has 16 N–H and O–H groups in total. The average molecular weight is 1810 g/mol. The van der Waals surface area contributed by atoms with Crippen molar-refractivity contribution in [2.24, 2.45) is 0 Å². The number of hydrogen-bond acceptors (Lipinski definition) is 33. The number of pyridine rings is 8. The van der Waals surface area contributed by atoms with E-state index in [9.17, 15) is 80.5 Å². The van der Waals surface area contributed by atoms with Gasteiger partial charge in [0.1, 0.15) is 73.2 Å². The molecule has 12 atom stereocenters. The minimum Gasteiger partial charge on any atom is -0.394 e. The average Bonchev–Trinajstić information content (AvgIpc) is 1.55. The molecule has 11 rings (SSSR count). The molecule has 4 amide bonds. The molecule has 11 aromatic rings. The smallest absolute Gasteiger partial charge is 0.255 e. The number of likely N-dealkylation sites (N-methyl/N-ethyl adjacent to an activating group) is 3. The van der Waals surface area contributed by atoms with Gasteiger partial charge in [0.25, 0.3) is 5.91 Å². The first-order chi connectivity index (χ1) is 63.1. The summed E-state index contributed by atoms with van der Waals surface area (Å²) in [6.45, 7) is 3.22. The Kier molecular flexibility index (Phi) is 42.2. The molecule has 38 heteroatoms. The van der Waals surface area contributed by atoms with Crippen molar-refractivity contribution in [1.29, 1.82) is 0 Å². The Morgan fingerprint density at radius 2 is 0.641 bits per heavy atom. The van der Waals surface area contributed by atoms with E-state index in [-0.39, 0.29) is 62.3 Å². The fourth-order valence-electron chi connectivity index (χ4n) is 13.5. The molecule has 0 unspecified atom stereocenters. The van der Waals surface area contributed by atoms with E-state index in [1.54, 1.807) is 96.6 Å². The molecule has 0 aliphatic rings. The van der Waals surface area contributed by atoms with E-state index >= 15 is 0 Å². The number of amides is 4. The van der Waals surface area contributed by atoms with Gasteiger partial charge in [-0.05, 0) is 132 Å². The summed E-state index contributed by atoms with van der Waals surface area (Å²) in [5.74, 6) is -1.33. The highest BCUT2D eigenvalue weighted by molar-refractivity contribution is 5.94. The summed E-state index contributed by atoms with van der Waals surface area (Å²) >= 11 is 0. The van der Waals surface area contributed by atoms with Crippen LogP contribution in [0.3, 0.4) is 0 Å². The Labute approximate surface area is 758 Å². The number of benzene rings is 2.